The van der Waals surface area contributed by atoms with Gasteiger partial charge >= 0.3 is 0 Å². The monoisotopic (exact) mass is 282 g/mol. The molecule has 0 spiro atoms. The van der Waals surface area contributed by atoms with Crippen LogP contribution in [0.2, 0.25) is 0 Å². The minimum atomic E-state index is -0.927. The van der Waals surface area contributed by atoms with Gasteiger partial charge in [0.15, 0.2) is 0 Å². The number of benzene rings is 1. The molecule has 1 aromatic rings. The number of carbonyl (C=O) groups is 1. The molecule has 0 aliphatic heterocycles. The molecule has 0 unspecified atom stereocenters. The maximum atomic E-state index is 13.7. The van der Waals surface area contributed by atoms with Crippen LogP contribution in [0.3, 0.4) is 0 Å². The molecular formula is C14H19FN2OS. The average Bonchev–Trinajstić information content (AvgIpc) is 2.36. The van der Waals surface area contributed by atoms with Gasteiger partial charge in [0.05, 0.1) is 16.1 Å². The number of amides is 1. The van der Waals surface area contributed by atoms with Crippen molar-refractivity contribution >= 4 is 28.8 Å². The van der Waals surface area contributed by atoms with Crippen LogP contribution in [0.25, 0.3) is 0 Å². The molecule has 19 heavy (non-hydrogen) atoms. The molecule has 0 aliphatic carbocycles. The second-order valence-electron chi connectivity index (χ2n) is 4.54. The fourth-order valence-corrected chi connectivity index (χ4v) is 2.44. The Kier molecular flexibility index (Phi) is 5.00. The van der Waals surface area contributed by atoms with E-state index in [2.05, 4.69) is 5.32 Å². The Hall–Kier alpha value is -1.49. The minimum Gasteiger partial charge on any atom is -0.392 e. The van der Waals surface area contributed by atoms with Gasteiger partial charge in [-0.25, -0.2) is 4.39 Å². The van der Waals surface area contributed by atoms with Gasteiger partial charge < -0.3 is 11.1 Å². The van der Waals surface area contributed by atoms with Crippen LogP contribution in [0.5, 0.6) is 0 Å². The molecule has 0 atom stereocenters. The summed E-state index contributed by atoms with van der Waals surface area (Å²) in [6.07, 6.45) is 0.969. The van der Waals surface area contributed by atoms with Crippen molar-refractivity contribution in [3.8, 4) is 0 Å². The van der Waals surface area contributed by atoms with Crippen LogP contribution >= 0.6 is 12.2 Å². The fourth-order valence-electron chi connectivity index (χ4n) is 2.05. The van der Waals surface area contributed by atoms with Crippen LogP contribution in [-0.2, 0) is 4.79 Å². The third-order valence-electron chi connectivity index (χ3n) is 3.57. The highest BCUT2D eigenvalue weighted by Crippen LogP contribution is 2.30. The van der Waals surface area contributed by atoms with Gasteiger partial charge in [0.1, 0.15) is 5.82 Å². The largest absolute Gasteiger partial charge is 0.392 e. The first-order chi connectivity index (χ1) is 8.89. The van der Waals surface area contributed by atoms with Crippen molar-refractivity contribution in [2.24, 2.45) is 11.1 Å². The van der Waals surface area contributed by atoms with Gasteiger partial charge in [-0.1, -0.05) is 38.2 Å². The first-order valence-corrected chi connectivity index (χ1v) is 6.66. The minimum absolute atomic E-state index is 0.143. The highest BCUT2D eigenvalue weighted by atomic mass is 32.1. The highest BCUT2D eigenvalue weighted by Gasteiger charge is 2.38. The lowest BCUT2D eigenvalue weighted by atomic mass is 9.81. The fraction of sp³-hybridized carbons (Fsp3) is 0.429. The van der Waals surface area contributed by atoms with Gasteiger partial charge in [0.25, 0.3) is 0 Å². The second-order valence-corrected chi connectivity index (χ2v) is 4.98. The smallest absolute Gasteiger partial charge is 0.237 e. The van der Waals surface area contributed by atoms with Gasteiger partial charge in [0, 0.05) is 0 Å². The van der Waals surface area contributed by atoms with E-state index in [9.17, 15) is 9.18 Å². The molecule has 0 radical (unpaired) electrons. The number of anilines is 1. The lowest BCUT2D eigenvalue weighted by Crippen LogP contribution is -2.45. The summed E-state index contributed by atoms with van der Waals surface area (Å²) in [4.78, 5) is 12.5. The average molecular weight is 282 g/mol. The van der Waals surface area contributed by atoms with Gasteiger partial charge in [-0.3, -0.25) is 4.79 Å². The first-order valence-electron chi connectivity index (χ1n) is 6.25. The molecule has 0 aromatic heterocycles. The van der Waals surface area contributed by atoms with E-state index < -0.39 is 11.2 Å². The van der Waals surface area contributed by atoms with Gasteiger partial charge in [-0.2, -0.15) is 0 Å². The number of carbonyl (C=O) groups excluding carboxylic acids is 1. The molecular weight excluding hydrogens is 263 g/mol. The van der Waals surface area contributed by atoms with Crippen molar-refractivity contribution in [1.82, 2.24) is 0 Å². The summed E-state index contributed by atoms with van der Waals surface area (Å²) in [5.41, 5.74) is 5.63. The Morgan fingerprint density at radius 1 is 1.42 bits per heavy atom. The first kappa shape index (κ1) is 15.6. The molecule has 0 aliphatic rings. The Balaban J connectivity index is 3.11. The normalized spacial score (nSPS) is 11.2. The Morgan fingerprint density at radius 2 is 2.00 bits per heavy atom. The predicted octanol–water partition coefficient (Wildman–Crippen LogP) is 3.17. The third-order valence-corrected chi connectivity index (χ3v) is 3.96. The number of aryl methyl sites for hydroxylation is 1. The van der Waals surface area contributed by atoms with Crippen LogP contribution in [0.1, 0.15) is 32.3 Å². The summed E-state index contributed by atoms with van der Waals surface area (Å²) in [5, 5.41) is 2.62. The quantitative estimate of drug-likeness (QED) is 0.816. The molecule has 0 fully saturated rings. The van der Waals surface area contributed by atoms with E-state index in [0.29, 0.717) is 18.4 Å². The van der Waals surface area contributed by atoms with Crippen molar-refractivity contribution in [2.75, 3.05) is 5.32 Å². The zero-order chi connectivity index (χ0) is 14.6. The van der Waals surface area contributed by atoms with E-state index in [1.54, 1.807) is 19.1 Å². The SMILES string of the molecule is CCC(CC)(C(=O)Nc1c(C)cccc1F)C(N)=S. The molecule has 104 valence electrons. The van der Waals surface area contributed by atoms with E-state index in [4.69, 9.17) is 18.0 Å². The van der Waals surface area contributed by atoms with E-state index in [0.717, 1.165) is 0 Å². The van der Waals surface area contributed by atoms with E-state index in [1.165, 1.54) is 6.07 Å². The summed E-state index contributed by atoms with van der Waals surface area (Å²) >= 11 is 5.01. The molecule has 1 rings (SSSR count). The molecule has 0 heterocycles. The highest BCUT2D eigenvalue weighted by molar-refractivity contribution is 7.80. The summed E-state index contributed by atoms with van der Waals surface area (Å²) in [6.45, 7) is 5.42. The lowest BCUT2D eigenvalue weighted by molar-refractivity contribution is -0.122. The molecule has 3 N–H and O–H groups in total. The number of nitrogens with two attached hydrogens (primary N) is 1. The topological polar surface area (TPSA) is 55.1 Å². The number of hydrogen-bond donors (Lipinski definition) is 2. The Morgan fingerprint density at radius 3 is 2.42 bits per heavy atom. The standard InChI is InChI=1S/C14H19FN2OS/c1-4-14(5-2,12(16)19)13(18)17-11-9(3)7-6-8-10(11)15/h6-8H,4-5H2,1-3H3,(H2,16,19)(H,17,18). The summed E-state index contributed by atoms with van der Waals surface area (Å²) in [5.74, 6) is -0.810. The van der Waals surface area contributed by atoms with Crippen molar-refractivity contribution < 1.29 is 9.18 Å². The van der Waals surface area contributed by atoms with E-state index in [1.807, 2.05) is 13.8 Å². The second kappa shape index (κ2) is 6.10. The van der Waals surface area contributed by atoms with Crippen molar-refractivity contribution in [3.05, 3.63) is 29.6 Å². The maximum Gasteiger partial charge on any atom is 0.237 e. The van der Waals surface area contributed by atoms with Crippen LogP contribution in [-0.4, -0.2) is 10.9 Å². The Bertz CT molecular complexity index is 478. The van der Waals surface area contributed by atoms with Crippen LogP contribution in [0.4, 0.5) is 10.1 Å². The number of thiocarbonyl (C=S) groups is 1. The number of rotatable bonds is 5. The van der Waals surface area contributed by atoms with Gasteiger partial charge in [0.2, 0.25) is 5.91 Å². The molecule has 0 saturated carbocycles. The summed E-state index contributed by atoms with van der Waals surface area (Å²) in [6, 6.07) is 4.64. The third kappa shape index (κ3) is 2.92. The van der Waals surface area contributed by atoms with Gasteiger partial charge in [-0.15, -0.1) is 0 Å². The van der Waals surface area contributed by atoms with Crippen LogP contribution in [0.15, 0.2) is 18.2 Å². The Labute approximate surface area is 118 Å². The zero-order valence-corrected chi connectivity index (χ0v) is 12.2. The maximum absolute atomic E-state index is 13.7. The van der Waals surface area contributed by atoms with Gasteiger partial charge in [-0.05, 0) is 31.4 Å². The van der Waals surface area contributed by atoms with Crippen LogP contribution < -0.4 is 11.1 Å². The van der Waals surface area contributed by atoms with Crippen molar-refractivity contribution in [2.45, 2.75) is 33.6 Å². The van der Waals surface area contributed by atoms with E-state index >= 15 is 0 Å². The van der Waals surface area contributed by atoms with E-state index in [-0.39, 0.29) is 16.6 Å². The number of nitrogens with one attached hydrogen (secondary N) is 1. The number of para-hydroxylation sites is 1. The molecule has 1 aromatic carbocycles. The molecule has 1 amide bonds. The summed E-state index contributed by atoms with van der Waals surface area (Å²) in [7, 11) is 0. The molecule has 5 heteroatoms. The molecule has 3 nitrogen and oxygen atoms in total. The predicted molar refractivity (Wildman–Crippen MR) is 79.6 cm³/mol. The molecule has 0 saturated heterocycles. The molecule has 0 bridgehead atoms. The van der Waals surface area contributed by atoms with Crippen molar-refractivity contribution in [3.63, 3.8) is 0 Å². The number of hydrogen-bond acceptors (Lipinski definition) is 2. The summed E-state index contributed by atoms with van der Waals surface area (Å²) < 4.78 is 13.7. The lowest BCUT2D eigenvalue weighted by Gasteiger charge is -2.29. The van der Waals surface area contributed by atoms with Crippen molar-refractivity contribution in [1.29, 1.82) is 0 Å². The zero-order valence-electron chi connectivity index (χ0n) is 11.4. The van der Waals surface area contributed by atoms with Crippen LogP contribution in [0, 0.1) is 18.2 Å². The number of halogens is 1.